The number of nitrogens with one attached hydrogen (secondary N) is 1. The summed E-state index contributed by atoms with van der Waals surface area (Å²) >= 11 is 0. The van der Waals surface area contributed by atoms with Crippen LogP contribution < -0.4 is 5.32 Å². The quantitative estimate of drug-likeness (QED) is 0.617. The number of benzene rings is 1. The van der Waals surface area contributed by atoms with Crippen molar-refractivity contribution in [1.29, 1.82) is 0 Å². The molecule has 0 radical (unpaired) electrons. The zero-order valence-corrected chi connectivity index (χ0v) is 14.0. The van der Waals surface area contributed by atoms with Crippen LogP contribution in [0, 0.1) is 5.82 Å². The fraction of sp³-hybridized carbons (Fsp3) is 0.333. The van der Waals surface area contributed by atoms with Gasteiger partial charge in [0.1, 0.15) is 11.6 Å². The Balaban J connectivity index is 1.62. The second-order valence-electron chi connectivity index (χ2n) is 6.46. The van der Waals surface area contributed by atoms with Gasteiger partial charge < -0.3 is 5.32 Å². The Hall–Kier alpha value is -2.84. The second-order valence-corrected chi connectivity index (χ2v) is 6.46. The molecule has 1 fully saturated rings. The molecule has 1 aromatic carbocycles. The van der Waals surface area contributed by atoms with Crippen LogP contribution in [0.4, 0.5) is 17.6 Å². The van der Waals surface area contributed by atoms with Gasteiger partial charge in [-0.3, -0.25) is 9.59 Å². The summed E-state index contributed by atoms with van der Waals surface area (Å²) in [4.78, 5) is 30.7. The summed E-state index contributed by atoms with van der Waals surface area (Å²) in [6.45, 7) is -0.797. The van der Waals surface area contributed by atoms with Crippen LogP contribution >= 0.6 is 0 Å². The number of Topliss-reactive ketones (excluding diaryl/α,β-unsaturated/α-hetero) is 1. The number of carbonyl (C=O) groups excluding carboxylic acids is 2. The van der Waals surface area contributed by atoms with Gasteiger partial charge >= 0.3 is 12.1 Å². The minimum atomic E-state index is -5.05. The first-order valence-corrected chi connectivity index (χ1v) is 8.15. The van der Waals surface area contributed by atoms with Gasteiger partial charge in [0.2, 0.25) is 0 Å². The van der Waals surface area contributed by atoms with Crippen molar-refractivity contribution in [2.45, 2.75) is 30.9 Å². The van der Waals surface area contributed by atoms with Crippen LogP contribution in [0.1, 0.15) is 34.6 Å². The Kier molecular flexibility index (Phi) is 4.95. The predicted octanol–water partition coefficient (Wildman–Crippen LogP) is 2.75. The van der Waals surface area contributed by atoms with E-state index in [4.69, 9.17) is 0 Å². The van der Waals surface area contributed by atoms with E-state index in [0.29, 0.717) is 12.2 Å². The number of rotatable bonds is 6. The van der Waals surface area contributed by atoms with Gasteiger partial charge in [0, 0.05) is 24.2 Å². The van der Waals surface area contributed by atoms with E-state index in [9.17, 15) is 27.2 Å². The SMILES string of the molecule is O=C(CNC(=O)C(F)(F)F)c1cnc(CC2(c3cccc(F)c3)CC2)nc1. The molecule has 0 saturated heterocycles. The number of nitrogens with zero attached hydrogens (tertiary/aromatic N) is 2. The van der Waals surface area contributed by atoms with Crippen molar-refractivity contribution in [1.82, 2.24) is 15.3 Å². The monoisotopic (exact) mass is 381 g/mol. The summed E-state index contributed by atoms with van der Waals surface area (Å²) in [5, 5.41) is 1.51. The van der Waals surface area contributed by atoms with Crippen LogP contribution in [-0.4, -0.2) is 34.4 Å². The van der Waals surface area contributed by atoms with E-state index in [-0.39, 0.29) is 16.8 Å². The number of hydrogen-bond acceptors (Lipinski definition) is 4. The highest BCUT2D eigenvalue weighted by Crippen LogP contribution is 2.50. The van der Waals surface area contributed by atoms with Crippen molar-refractivity contribution in [3.63, 3.8) is 0 Å². The predicted molar refractivity (Wildman–Crippen MR) is 86.4 cm³/mol. The summed E-state index contributed by atoms with van der Waals surface area (Å²) in [5.41, 5.74) is 0.631. The molecule has 2 aromatic rings. The largest absolute Gasteiger partial charge is 0.471 e. The lowest BCUT2D eigenvalue weighted by molar-refractivity contribution is -0.173. The van der Waals surface area contributed by atoms with Gasteiger partial charge in [0.25, 0.3) is 0 Å². The van der Waals surface area contributed by atoms with Crippen LogP contribution in [-0.2, 0) is 16.6 Å². The van der Waals surface area contributed by atoms with Crippen molar-refractivity contribution < 1.29 is 27.2 Å². The molecular weight excluding hydrogens is 366 g/mol. The molecular formula is C18H15F4N3O2. The average Bonchev–Trinajstić information content (AvgIpc) is 3.40. The number of halogens is 4. The molecule has 0 aliphatic heterocycles. The van der Waals surface area contributed by atoms with Crippen molar-refractivity contribution in [2.24, 2.45) is 0 Å². The minimum absolute atomic E-state index is 0.00294. The molecule has 1 saturated carbocycles. The van der Waals surface area contributed by atoms with E-state index in [1.807, 2.05) is 6.07 Å². The smallest absolute Gasteiger partial charge is 0.341 e. The van der Waals surface area contributed by atoms with E-state index in [1.165, 1.54) is 29.8 Å². The number of amides is 1. The lowest BCUT2D eigenvalue weighted by Crippen LogP contribution is -2.39. The molecule has 0 spiro atoms. The summed E-state index contributed by atoms with van der Waals surface area (Å²) in [7, 11) is 0. The Morgan fingerprint density at radius 3 is 2.37 bits per heavy atom. The minimum Gasteiger partial charge on any atom is -0.341 e. The summed E-state index contributed by atoms with van der Waals surface area (Å²) < 4.78 is 49.8. The van der Waals surface area contributed by atoms with E-state index in [1.54, 1.807) is 6.07 Å². The maximum absolute atomic E-state index is 13.4. The highest BCUT2D eigenvalue weighted by atomic mass is 19.4. The zero-order chi connectivity index (χ0) is 19.7. The summed E-state index contributed by atoms with van der Waals surface area (Å²) in [6.07, 6.45) is -0.419. The number of hydrogen-bond donors (Lipinski definition) is 1. The molecule has 5 nitrogen and oxygen atoms in total. The topological polar surface area (TPSA) is 72.0 Å². The normalized spacial score (nSPS) is 15.3. The molecule has 1 heterocycles. The molecule has 1 aliphatic rings. The van der Waals surface area contributed by atoms with E-state index in [0.717, 1.165) is 18.4 Å². The van der Waals surface area contributed by atoms with Gasteiger partial charge in [-0.25, -0.2) is 14.4 Å². The van der Waals surface area contributed by atoms with Gasteiger partial charge in [-0.1, -0.05) is 12.1 Å². The van der Waals surface area contributed by atoms with Gasteiger partial charge in [-0.15, -0.1) is 0 Å². The third-order valence-corrected chi connectivity index (χ3v) is 4.48. The first-order chi connectivity index (χ1) is 12.7. The van der Waals surface area contributed by atoms with Crippen LogP contribution in [0.2, 0.25) is 0 Å². The Morgan fingerprint density at radius 2 is 1.81 bits per heavy atom. The Morgan fingerprint density at radius 1 is 1.15 bits per heavy atom. The van der Waals surface area contributed by atoms with Gasteiger partial charge in [0.05, 0.1) is 12.1 Å². The van der Waals surface area contributed by atoms with Crippen molar-refractivity contribution in [3.05, 3.63) is 59.4 Å². The molecule has 1 amide bonds. The maximum Gasteiger partial charge on any atom is 0.471 e. The fourth-order valence-electron chi connectivity index (χ4n) is 2.79. The molecule has 0 bridgehead atoms. The third kappa shape index (κ3) is 4.47. The highest BCUT2D eigenvalue weighted by molar-refractivity contribution is 5.99. The first kappa shape index (κ1) is 18.9. The molecule has 142 valence electrons. The van der Waals surface area contributed by atoms with E-state index in [2.05, 4.69) is 9.97 Å². The first-order valence-electron chi connectivity index (χ1n) is 8.15. The second kappa shape index (κ2) is 7.05. The molecule has 0 atom stereocenters. The zero-order valence-electron chi connectivity index (χ0n) is 14.0. The van der Waals surface area contributed by atoms with Crippen LogP contribution in [0.3, 0.4) is 0 Å². The lowest BCUT2D eigenvalue weighted by Gasteiger charge is -2.15. The van der Waals surface area contributed by atoms with Gasteiger partial charge in [-0.05, 0) is 30.5 Å². The van der Waals surface area contributed by atoms with E-state index >= 15 is 0 Å². The van der Waals surface area contributed by atoms with Gasteiger partial charge in [0.15, 0.2) is 5.78 Å². The number of aromatic nitrogens is 2. The summed E-state index contributed by atoms with van der Waals surface area (Å²) in [5.74, 6) is -2.78. The molecule has 1 N–H and O–H groups in total. The van der Waals surface area contributed by atoms with Crippen molar-refractivity contribution in [2.75, 3.05) is 6.54 Å². The Bertz CT molecular complexity index is 862. The summed E-state index contributed by atoms with van der Waals surface area (Å²) in [6, 6.07) is 6.34. The average molecular weight is 381 g/mol. The molecule has 3 rings (SSSR count). The lowest BCUT2D eigenvalue weighted by atomic mass is 9.92. The van der Waals surface area contributed by atoms with Gasteiger partial charge in [-0.2, -0.15) is 13.2 Å². The van der Waals surface area contributed by atoms with Crippen LogP contribution in [0.25, 0.3) is 0 Å². The maximum atomic E-state index is 13.4. The molecule has 9 heteroatoms. The molecule has 27 heavy (non-hydrogen) atoms. The highest BCUT2D eigenvalue weighted by Gasteiger charge is 2.45. The van der Waals surface area contributed by atoms with Crippen molar-refractivity contribution >= 4 is 11.7 Å². The van der Waals surface area contributed by atoms with Crippen LogP contribution in [0.15, 0.2) is 36.7 Å². The molecule has 0 unspecified atom stereocenters. The van der Waals surface area contributed by atoms with Crippen LogP contribution in [0.5, 0.6) is 0 Å². The third-order valence-electron chi connectivity index (χ3n) is 4.48. The fourth-order valence-corrected chi connectivity index (χ4v) is 2.79. The number of alkyl halides is 3. The van der Waals surface area contributed by atoms with Crippen molar-refractivity contribution in [3.8, 4) is 0 Å². The number of carbonyl (C=O) groups is 2. The number of ketones is 1. The van der Waals surface area contributed by atoms with E-state index < -0.39 is 24.4 Å². The standard InChI is InChI=1S/C18H15F4N3O2/c19-13-3-1-2-12(6-13)17(4-5-17)7-15-23-8-11(9-24-15)14(26)10-25-16(27)18(20,21)22/h1-3,6,8-9H,4-5,7,10H2,(H,25,27). The molecule has 1 aromatic heterocycles. The Labute approximate surface area is 151 Å². The molecule has 1 aliphatic carbocycles.